The molecule has 0 aromatic rings. The van der Waals surface area contributed by atoms with Gasteiger partial charge in [-0.2, -0.15) is 0 Å². The molecule has 0 radical (unpaired) electrons. The summed E-state index contributed by atoms with van der Waals surface area (Å²) in [5.74, 6) is -0.280. The molecule has 0 atom stereocenters. The Morgan fingerprint density at radius 2 is 0.585 bits per heavy atom. The van der Waals surface area contributed by atoms with Gasteiger partial charge in [-0.15, -0.1) is 0 Å². The van der Waals surface area contributed by atoms with E-state index in [1.807, 2.05) is 0 Å². The fourth-order valence-electron chi connectivity index (χ4n) is 4.01. The van der Waals surface area contributed by atoms with Crippen molar-refractivity contribution in [1.82, 2.24) is 0 Å². The average molecular weight is 591 g/mol. The smallest absolute Gasteiger partial charge is 0.305 e. The van der Waals surface area contributed by atoms with E-state index in [0.29, 0.717) is 78.9 Å². The quantitative estimate of drug-likeness (QED) is 0.0619. The van der Waals surface area contributed by atoms with Gasteiger partial charge in [0.25, 0.3) is 0 Å². The zero-order valence-electron chi connectivity index (χ0n) is 26.5. The molecular weight excluding hydrogens is 528 g/mol. The molecule has 41 heavy (non-hydrogen) atoms. The first-order valence-electron chi connectivity index (χ1n) is 16.4. The number of ether oxygens (including phenoxy) is 7. The molecule has 0 saturated heterocycles. The average Bonchev–Trinajstić information content (AvgIpc) is 2.97. The standard InChI is InChI=1S/C32H62O9/c1-3-5-7-9-11-13-15-17-31(33)40-29-27-38-25-23-36-21-19-35-20-22-37-24-26-39-28-30-41-32(34)18-16-14-12-10-8-6-4-2/h3-30H2,1-2H3. The van der Waals surface area contributed by atoms with Gasteiger partial charge < -0.3 is 33.2 Å². The molecule has 0 spiro atoms. The van der Waals surface area contributed by atoms with E-state index in [9.17, 15) is 9.59 Å². The summed E-state index contributed by atoms with van der Waals surface area (Å²) in [4.78, 5) is 23.4. The minimum absolute atomic E-state index is 0.140. The van der Waals surface area contributed by atoms with Crippen molar-refractivity contribution in [3.05, 3.63) is 0 Å². The highest BCUT2D eigenvalue weighted by Gasteiger charge is 2.04. The van der Waals surface area contributed by atoms with Crippen LogP contribution in [0.5, 0.6) is 0 Å². The molecule has 0 unspecified atom stereocenters. The molecule has 0 saturated carbocycles. The van der Waals surface area contributed by atoms with Crippen LogP contribution in [0.3, 0.4) is 0 Å². The SMILES string of the molecule is CCCCCCCCCC(=O)OCCOCCOCCOCCOCCOCCOC(=O)CCCCCCCCC. The first kappa shape index (κ1) is 39.7. The molecular formula is C32H62O9. The maximum atomic E-state index is 11.7. The molecule has 9 nitrogen and oxygen atoms in total. The number of carbonyl (C=O) groups excluding carboxylic acids is 2. The molecule has 0 heterocycles. The van der Waals surface area contributed by atoms with E-state index in [2.05, 4.69) is 13.8 Å². The molecule has 0 rings (SSSR count). The molecule has 0 aromatic carbocycles. The second-order valence-corrected chi connectivity index (χ2v) is 10.2. The predicted molar refractivity (Wildman–Crippen MR) is 161 cm³/mol. The summed E-state index contributed by atoms with van der Waals surface area (Å²) in [5, 5.41) is 0. The molecule has 0 aromatic heterocycles. The maximum absolute atomic E-state index is 11.7. The number of esters is 2. The van der Waals surface area contributed by atoms with Gasteiger partial charge in [-0.05, 0) is 12.8 Å². The third-order valence-corrected chi connectivity index (χ3v) is 6.44. The van der Waals surface area contributed by atoms with E-state index in [-0.39, 0.29) is 25.2 Å². The minimum atomic E-state index is -0.140. The van der Waals surface area contributed by atoms with Crippen molar-refractivity contribution in [2.75, 3.05) is 79.3 Å². The monoisotopic (exact) mass is 590 g/mol. The summed E-state index contributed by atoms with van der Waals surface area (Å²) >= 11 is 0. The van der Waals surface area contributed by atoms with Crippen molar-refractivity contribution in [2.24, 2.45) is 0 Å². The summed E-state index contributed by atoms with van der Waals surface area (Å²) in [6.45, 7) is 9.56. The Morgan fingerprint density at radius 3 is 0.878 bits per heavy atom. The van der Waals surface area contributed by atoms with Crippen LogP contribution in [0.2, 0.25) is 0 Å². The van der Waals surface area contributed by atoms with Gasteiger partial charge in [0.05, 0.1) is 66.1 Å². The first-order chi connectivity index (χ1) is 20.2. The van der Waals surface area contributed by atoms with Crippen LogP contribution in [0, 0.1) is 0 Å². The number of hydrogen-bond donors (Lipinski definition) is 0. The van der Waals surface area contributed by atoms with Crippen molar-refractivity contribution in [1.29, 1.82) is 0 Å². The lowest BCUT2D eigenvalue weighted by molar-refractivity contribution is -0.146. The van der Waals surface area contributed by atoms with Gasteiger partial charge in [0.2, 0.25) is 0 Å². The van der Waals surface area contributed by atoms with E-state index in [0.717, 1.165) is 25.7 Å². The molecule has 0 amide bonds. The number of hydrogen-bond acceptors (Lipinski definition) is 9. The van der Waals surface area contributed by atoms with Gasteiger partial charge in [-0.1, -0.05) is 90.9 Å². The minimum Gasteiger partial charge on any atom is -0.463 e. The number of unbranched alkanes of at least 4 members (excludes halogenated alkanes) is 12. The van der Waals surface area contributed by atoms with E-state index >= 15 is 0 Å². The van der Waals surface area contributed by atoms with Crippen LogP contribution in [-0.2, 0) is 42.7 Å². The van der Waals surface area contributed by atoms with Crippen LogP contribution in [0.25, 0.3) is 0 Å². The highest BCUT2D eigenvalue weighted by atomic mass is 16.6. The molecule has 0 aliphatic carbocycles. The predicted octanol–water partition coefficient (Wildman–Crippen LogP) is 6.44. The Kier molecular flexibility index (Phi) is 33.9. The lowest BCUT2D eigenvalue weighted by atomic mass is 10.1. The largest absolute Gasteiger partial charge is 0.463 e. The third-order valence-electron chi connectivity index (χ3n) is 6.44. The third kappa shape index (κ3) is 34.8. The fourth-order valence-corrected chi connectivity index (χ4v) is 4.01. The van der Waals surface area contributed by atoms with E-state index in [4.69, 9.17) is 33.2 Å². The molecule has 0 bridgehead atoms. The zero-order valence-corrected chi connectivity index (χ0v) is 26.5. The summed E-state index contributed by atoms with van der Waals surface area (Å²) in [6.07, 6.45) is 17.6. The topological polar surface area (TPSA) is 98.8 Å². The van der Waals surface area contributed by atoms with Crippen LogP contribution in [0.15, 0.2) is 0 Å². The van der Waals surface area contributed by atoms with E-state index in [1.54, 1.807) is 0 Å². The second kappa shape index (κ2) is 34.9. The Bertz CT molecular complexity index is 499. The second-order valence-electron chi connectivity index (χ2n) is 10.2. The van der Waals surface area contributed by atoms with Gasteiger partial charge in [0.1, 0.15) is 13.2 Å². The van der Waals surface area contributed by atoms with Crippen LogP contribution >= 0.6 is 0 Å². The summed E-state index contributed by atoms with van der Waals surface area (Å²) < 4.78 is 37.6. The van der Waals surface area contributed by atoms with Crippen molar-refractivity contribution in [3.8, 4) is 0 Å². The van der Waals surface area contributed by atoms with E-state index in [1.165, 1.54) is 64.2 Å². The van der Waals surface area contributed by atoms with Crippen LogP contribution in [0.4, 0.5) is 0 Å². The fraction of sp³-hybridized carbons (Fsp3) is 0.938. The van der Waals surface area contributed by atoms with Crippen molar-refractivity contribution >= 4 is 11.9 Å². The van der Waals surface area contributed by atoms with E-state index < -0.39 is 0 Å². The summed E-state index contributed by atoms with van der Waals surface area (Å²) in [5.41, 5.74) is 0. The van der Waals surface area contributed by atoms with Crippen LogP contribution < -0.4 is 0 Å². The first-order valence-corrected chi connectivity index (χ1v) is 16.4. The number of rotatable bonds is 34. The summed E-state index contributed by atoms with van der Waals surface area (Å²) in [6, 6.07) is 0. The van der Waals surface area contributed by atoms with Crippen LogP contribution in [0.1, 0.15) is 117 Å². The zero-order chi connectivity index (χ0) is 29.9. The Morgan fingerprint density at radius 1 is 0.341 bits per heavy atom. The van der Waals surface area contributed by atoms with Crippen molar-refractivity contribution in [3.63, 3.8) is 0 Å². The molecule has 0 N–H and O–H groups in total. The number of carbonyl (C=O) groups is 2. The highest BCUT2D eigenvalue weighted by Crippen LogP contribution is 2.09. The molecule has 244 valence electrons. The lowest BCUT2D eigenvalue weighted by Crippen LogP contribution is -2.15. The van der Waals surface area contributed by atoms with Gasteiger partial charge in [0.15, 0.2) is 0 Å². The normalized spacial score (nSPS) is 11.2. The molecule has 9 heteroatoms. The highest BCUT2D eigenvalue weighted by molar-refractivity contribution is 5.69. The van der Waals surface area contributed by atoms with Crippen molar-refractivity contribution in [2.45, 2.75) is 117 Å². The van der Waals surface area contributed by atoms with Gasteiger partial charge in [-0.25, -0.2) is 0 Å². The Hall–Kier alpha value is -1.26. The van der Waals surface area contributed by atoms with Gasteiger partial charge >= 0.3 is 11.9 Å². The van der Waals surface area contributed by atoms with Gasteiger partial charge in [-0.3, -0.25) is 9.59 Å². The van der Waals surface area contributed by atoms with Crippen LogP contribution in [-0.4, -0.2) is 91.2 Å². The molecule has 0 aliphatic rings. The van der Waals surface area contributed by atoms with Crippen molar-refractivity contribution < 1.29 is 42.7 Å². The Labute approximate surface area is 250 Å². The maximum Gasteiger partial charge on any atom is 0.305 e. The molecule has 0 fully saturated rings. The van der Waals surface area contributed by atoms with Gasteiger partial charge in [0, 0.05) is 12.8 Å². The molecule has 0 aliphatic heterocycles. The Balaban J connectivity index is 3.17. The summed E-state index contributed by atoms with van der Waals surface area (Å²) in [7, 11) is 0. The lowest BCUT2D eigenvalue weighted by Gasteiger charge is -2.08.